The summed E-state index contributed by atoms with van der Waals surface area (Å²) in [7, 11) is 3.17. The van der Waals surface area contributed by atoms with E-state index in [1.54, 1.807) is 26.4 Å². The van der Waals surface area contributed by atoms with Crippen molar-refractivity contribution in [2.45, 2.75) is 6.92 Å². The highest BCUT2D eigenvalue weighted by Gasteiger charge is 2.22. The molecule has 0 atom stereocenters. The van der Waals surface area contributed by atoms with Gasteiger partial charge in [0.1, 0.15) is 17.3 Å². The summed E-state index contributed by atoms with van der Waals surface area (Å²) < 4.78 is 16.7. The van der Waals surface area contributed by atoms with E-state index in [-0.39, 0.29) is 17.2 Å². The molecule has 4 aromatic rings. The van der Waals surface area contributed by atoms with Crippen LogP contribution < -0.4 is 14.9 Å². The summed E-state index contributed by atoms with van der Waals surface area (Å²) in [6.45, 7) is 1.95. The average Bonchev–Trinajstić information content (AvgIpc) is 3.33. The molecule has 182 valence electrons. The zero-order valence-electron chi connectivity index (χ0n) is 19.7. The molecule has 0 saturated carbocycles. The third kappa shape index (κ3) is 5.07. The maximum atomic E-state index is 12.1. The molecule has 2 aromatic heterocycles. The van der Waals surface area contributed by atoms with Gasteiger partial charge in [-0.1, -0.05) is 12.1 Å². The molecule has 4 rings (SSSR count). The Morgan fingerprint density at radius 3 is 2.44 bits per heavy atom. The number of aromatic nitrogens is 1. The fourth-order valence-corrected chi connectivity index (χ4v) is 3.56. The standard InChI is InChI=1S/C26H22N4O6/c1-16-4-5-18(13-23(16)35-3)20-12-19(6-7-22(20)34-2)24-14-21(30(32)33)25(36-24)15-28-29-26(31)17-8-10-27-11-9-17/h4-15H,1-3H3,(H,29,31)/b28-15-. The Balaban J connectivity index is 1.67. The number of pyridine rings is 1. The van der Waals surface area contributed by atoms with E-state index < -0.39 is 10.8 Å². The first-order chi connectivity index (χ1) is 17.4. The monoisotopic (exact) mass is 486 g/mol. The van der Waals surface area contributed by atoms with Crippen LogP contribution in [0.1, 0.15) is 21.7 Å². The Morgan fingerprint density at radius 2 is 1.75 bits per heavy atom. The Labute approximate surface area is 206 Å². The van der Waals surface area contributed by atoms with Crippen molar-refractivity contribution >= 4 is 17.8 Å². The molecule has 0 aliphatic heterocycles. The van der Waals surface area contributed by atoms with E-state index in [2.05, 4.69) is 15.5 Å². The lowest BCUT2D eigenvalue weighted by Crippen LogP contribution is -2.17. The number of carbonyl (C=O) groups excluding carboxylic acids is 1. The van der Waals surface area contributed by atoms with Gasteiger partial charge < -0.3 is 13.9 Å². The molecule has 2 heterocycles. The highest BCUT2D eigenvalue weighted by Crippen LogP contribution is 2.38. The van der Waals surface area contributed by atoms with Gasteiger partial charge in [0.25, 0.3) is 5.91 Å². The lowest BCUT2D eigenvalue weighted by molar-refractivity contribution is -0.385. The van der Waals surface area contributed by atoms with E-state index in [0.717, 1.165) is 28.7 Å². The number of rotatable bonds is 8. The predicted octanol–water partition coefficient (Wildman–Crippen LogP) is 5.01. The second-order valence-electron chi connectivity index (χ2n) is 7.65. The molecular formula is C26H22N4O6. The molecule has 0 aliphatic carbocycles. The molecule has 0 unspecified atom stereocenters. The average molecular weight is 486 g/mol. The highest BCUT2D eigenvalue weighted by molar-refractivity contribution is 5.95. The van der Waals surface area contributed by atoms with Crippen molar-refractivity contribution in [3.8, 4) is 33.9 Å². The van der Waals surface area contributed by atoms with Gasteiger partial charge in [-0.3, -0.25) is 19.9 Å². The predicted molar refractivity (Wildman–Crippen MR) is 133 cm³/mol. The van der Waals surface area contributed by atoms with Gasteiger partial charge in [0.2, 0.25) is 5.76 Å². The van der Waals surface area contributed by atoms with Crippen LogP contribution in [0.2, 0.25) is 0 Å². The molecule has 0 fully saturated rings. The Morgan fingerprint density at radius 1 is 1.03 bits per heavy atom. The lowest BCUT2D eigenvalue weighted by Gasteiger charge is -2.12. The number of hydrazone groups is 1. The van der Waals surface area contributed by atoms with Gasteiger partial charge in [-0.2, -0.15) is 5.10 Å². The summed E-state index contributed by atoms with van der Waals surface area (Å²) in [5.74, 6) is 0.995. The van der Waals surface area contributed by atoms with Crippen LogP contribution in [-0.4, -0.2) is 36.2 Å². The summed E-state index contributed by atoms with van der Waals surface area (Å²) in [6.07, 6.45) is 4.03. The van der Waals surface area contributed by atoms with Crippen molar-refractivity contribution in [3.63, 3.8) is 0 Å². The molecular weight excluding hydrogens is 464 g/mol. The van der Waals surface area contributed by atoms with E-state index in [1.165, 1.54) is 30.6 Å². The van der Waals surface area contributed by atoms with Gasteiger partial charge in [-0.15, -0.1) is 0 Å². The quantitative estimate of drug-likeness (QED) is 0.211. The molecule has 10 heteroatoms. The van der Waals surface area contributed by atoms with Gasteiger partial charge in [0.15, 0.2) is 0 Å². The van der Waals surface area contributed by atoms with E-state index in [9.17, 15) is 14.9 Å². The number of nitro groups is 1. The zero-order chi connectivity index (χ0) is 25.7. The Bertz CT molecular complexity index is 1450. The van der Waals surface area contributed by atoms with E-state index in [4.69, 9.17) is 13.9 Å². The number of ether oxygens (including phenoxy) is 2. The third-order valence-electron chi connectivity index (χ3n) is 5.43. The second kappa shape index (κ2) is 10.5. The summed E-state index contributed by atoms with van der Waals surface area (Å²) in [6, 6.07) is 15.4. The van der Waals surface area contributed by atoms with Crippen LogP contribution >= 0.6 is 0 Å². The van der Waals surface area contributed by atoms with Gasteiger partial charge in [0.05, 0.1) is 31.4 Å². The minimum atomic E-state index is -0.575. The number of aryl methyl sites for hydroxylation is 1. The van der Waals surface area contributed by atoms with Gasteiger partial charge in [0, 0.05) is 29.1 Å². The minimum Gasteiger partial charge on any atom is -0.496 e. The molecule has 36 heavy (non-hydrogen) atoms. The van der Waals surface area contributed by atoms with Crippen LogP contribution in [0.25, 0.3) is 22.5 Å². The minimum absolute atomic E-state index is 0.112. The van der Waals surface area contributed by atoms with Crippen LogP contribution in [0.5, 0.6) is 11.5 Å². The molecule has 0 bridgehead atoms. The first-order valence-corrected chi connectivity index (χ1v) is 10.8. The molecule has 0 aliphatic rings. The smallest absolute Gasteiger partial charge is 0.317 e. The van der Waals surface area contributed by atoms with Gasteiger partial charge in [-0.05, 0) is 54.4 Å². The number of nitrogens with one attached hydrogen (secondary N) is 1. The SMILES string of the molecule is COc1cc(-c2cc(-c3cc([N+](=O)[O-])c(/C=N\NC(=O)c4ccncc4)o3)ccc2OC)ccc1C. The van der Waals surface area contributed by atoms with E-state index >= 15 is 0 Å². The molecule has 0 radical (unpaired) electrons. The third-order valence-corrected chi connectivity index (χ3v) is 5.43. The second-order valence-corrected chi connectivity index (χ2v) is 7.65. The summed E-state index contributed by atoms with van der Waals surface area (Å²) in [5, 5.41) is 15.4. The number of amides is 1. The van der Waals surface area contributed by atoms with Crippen molar-refractivity contribution < 1.29 is 23.6 Å². The highest BCUT2D eigenvalue weighted by atomic mass is 16.6. The van der Waals surface area contributed by atoms with E-state index in [0.29, 0.717) is 16.9 Å². The molecule has 2 aromatic carbocycles. The number of carbonyl (C=O) groups is 1. The van der Waals surface area contributed by atoms with Crippen LogP contribution in [0.4, 0.5) is 5.69 Å². The van der Waals surface area contributed by atoms with Crippen molar-refractivity contribution in [1.82, 2.24) is 10.4 Å². The van der Waals surface area contributed by atoms with E-state index in [1.807, 2.05) is 31.2 Å². The number of nitrogens with zero attached hydrogens (tertiary/aromatic N) is 3. The molecule has 0 saturated heterocycles. The zero-order valence-corrected chi connectivity index (χ0v) is 19.7. The Kier molecular flexibility index (Phi) is 7.05. The van der Waals surface area contributed by atoms with Crippen molar-refractivity contribution in [3.05, 3.63) is 94.0 Å². The lowest BCUT2D eigenvalue weighted by atomic mass is 9.99. The molecule has 1 N–H and O–H groups in total. The topological polar surface area (TPSA) is 129 Å². The first-order valence-electron chi connectivity index (χ1n) is 10.8. The normalized spacial score (nSPS) is 10.9. The Hall–Kier alpha value is -4.99. The van der Waals surface area contributed by atoms with Gasteiger partial charge >= 0.3 is 5.69 Å². The van der Waals surface area contributed by atoms with Gasteiger partial charge in [-0.25, -0.2) is 5.43 Å². The van der Waals surface area contributed by atoms with Crippen LogP contribution in [0.3, 0.4) is 0 Å². The van der Waals surface area contributed by atoms with Crippen molar-refractivity contribution in [1.29, 1.82) is 0 Å². The summed E-state index contributed by atoms with van der Waals surface area (Å²) in [4.78, 5) is 27.0. The fraction of sp³-hybridized carbons (Fsp3) is 0.115. The fourth-order valence-electron chi connectivity index (χ4n) is 3.56. The molecule has 1 amide bonds. The first kappa shape index (κ1) is 24.1. The number of hydrogen-bond donors (Lipinski definition) is 1. The maximum Gasteiger partial charge on any atom is 0.317 e. The van der Waals surface area contributed by atoms with Crippen molar-refractivity contribution in [2.24, 2.45) is 5.10 Å². The van der Waals surface area contributed by atoms with Crippen LogP contribution in [-0.2, 0) is 0 Å². The number of hydrogen-bond acceptors (Lipinski definition) is 8. The summed E-state index contributed by atoms with van der Waals surface area (Å²) in [5.41, 5.74) is 5.55. The number of benzene rings is 2. The van der Waals surface area contributed by atoms with Crippen LogP contribution in [0.15, 0.2) is 76.5 Å². The number of methoxy groups -OCH3 is 2. The largest absolute Gasteiger partial charge is 0.496 e. The number of furan rings is 1. The van der Waals surface area contributed by atoms with Crippen LogP contribution in [0, 0.1) is 17.0 Å². The maximum absolute atomic E-state index is 12.1. The molecule has 0 spiro atoms. The summed E-state index contributed by atoms with van der Waals surface area (Å²) >= 11 is 0. The van der Waals surface area contributed by atoms with Crippen molar-refractivity contribution in [2.75, 3.05) is 14.2 Å². The molecule has 10 nitrogen and oxygen atoms in total.